The number of nitriles is 1. The van der Waals surface area contributed by atoms with Gasteiger partial charge in [-0.1, -0.05) is 23.4 Å². The van der Waals surface area contributed by atoms with Crippen LogP contribution in [0.1, 0.15) is 23.1 Å². The van der Waals surface area contributed by atoms with E-state index in [0.717, 1.165) is 58.1 Å². The molecule has 29 heavy (non-hydrogen) atoms. The van der Waals surface area contributed by atoms with Gasteiger partial charge in [0, 0.05) is 29.2 Å². The van der Waals surface area contributed by atoms with E-state index in [9.17, 15) is 0 Å². The number of nitrogens with one attached hydrogen (secondary N) is 1. The van der Waals surface area contributed by atoms with Crippen molar-refractivity contribution in [1.29, 1.82) is 5.26 Å². The third-order valence-electron chi connectivity index (χ3n) is 5.15. The summed E-state index contributed by atoms with van der Waals surface area (Å²) < 4.78 is 1.95. The normalized spacial score (nSPS) is 14.1. The maximum absolute atomic E-state index is 9.14. The van der Waals surface area contributed by atoms with Gasteiger partial charge in [0.15, 0.2) is 5.65 Å². The SMILES string of the molecule is N#Cc1ccc(-c2nc3cnccn3c2Nc2ccc3c(c2)CC/C3=N\O)cc1. The Morgan fingerprint density at radius 2 is 2.00 bits per heavy atom. The zero-order chi connectivity index (χ0) is 19.8. The van der Waals surface area contributed by atoms with Crippen LogP contribution in [-0.4, -0.2) is 25.3 Å². The van der Waals surface area contributed by atoms with Crippen molar-refractivity contribution in [3.63, 3.8) is 0 Å². The van der Waals surface area contributed by atoms with Gasteiger partial charge in [0.2, 0.25) is 0 Å². The number of oxime groups is 1. The molecule has 1 aliphatic carbocycles. The minimum Gasteiger partial charge on any atom is -0.411 e. The number of anilines is 2. The Labute approximate surface area is 166 Å². The van der Waals surface area contributed by atoms with Crippen LogP contribution in [0.25, 0.3) is 16.9 Å². The lowest BCUT2D eigenvalue weighted by Crippen LogP contribution is -1.99. The lowest BCUT2D eigenvalue weighted by atomic mass is 10.1. The molecule has 4 aromatic rings. The van der Waals surface area contributed by atoms with Crippen LogP contribution >= 0.6 is 0 Å². The molecular formula is C22H16N6O. The van der Waals surface area contributed by atoms with Crippen LogP contribution in [0.5, 0.6) is 0 Å². The minimum atomic E-state index is 0.605. The summed E-state index contributed by atoms with van der Waals surface area (Å²) in [4.78, 5) is 8.90. The Bertz CT molecular complexity index is 1300. The lowest BCUT2D eigenvalue weighted by molar-refractivity contribution is 0.318. The molecule has 0 aliphatic heterocycles. The highest BCUT2D eigenvalue weighted by atomic mass is 16.4. The second-order valence-electron chi connectivity index (χ2n) is 6.85. The van der Waals surface area contributed by atoms with Crippen LogP contribution in [0, 0.1) is 11.3 Å². The van der Waals surface area contributed by atoms with Gasteiger partial charge in [-0.15, -0.1) is 0 Å². The van der Waals surface area contributed by atoms with Gasteiger partial charge in [0.25, 0.3) is 0 Å². The summed E-state index contributed by atoms with van der Waals surface area (Å²) >= 11 is 0. The number of aromatic nitrogens is 3. The maximum atomic E-state index is 9.14. The number of rotatable bonds is 3. The summed E-state index contributed by atoms with van der Waals surface area (Å²) in [6.07, 6.45) is 6.89. The number of hydrogen-bond acceptors (Lipinski definition) is 6. The van der Waals surface area contributed by atoms with E-state index in [1.807, 2.05) is 34.9 Å². The molecule has 1 aliphatic rings. The zero-order valence-electron chi connectivity index (χ0n) is 15.4. The van der Waals surface area contributed by atoms with E-state index in [2.05, 4.69) is 27.6 Å². The van der Waals surface area contributed by atoms with E-state index in [4.69, 9.17) is 15.5 Å². The molecular weight excluding hydrogens is 364 g/mol. The average Bonchev–Trinajstić information content (AvgIpc) is 3.35. The number of fused-ring (bicyclic) bond motifs is 2. The van der Waals surface area contributed by atoms with Gasteiger partial charge in [0.05, 0.1) is 23.5 Å². The number of aryl methyl sites for hydroxylation is 1. The Hall–Kier alpha value is -4.18. The van der Waals surface area contributed by atoms with Gasteiger partial charge in [-0.05, 0) is 42.7 Å². The molecule has 140 valence electrons. The Morgan fingerprint density at radius 3 is 2.79 bits per heavy atom. The first-order valence-corrected chi connectivity index (χ1v) is 9.20. The summed E-state index contributed by atoms with van der Waals surface area (Å²) in [6.45, 7) is 0. The summed E-state index contributed by atoms with van der Waals surface area (Å²) in [5.74, 6) is 0.820. The molecule has 7 nitrogen and oxygen atoms in total. The number of benzene rings is 2. The second-order valence-corrected chi connectivity index (χ2v) is 6.85. The van der Waals surface area contributed by atoms with Crippen molar-refractivity contribution in [2.45, 2.75) is 12.8 Å². The van der Waals surface area contributed by atoms with Gasteiger partial charge in [-0.3, -0.25) is 9.38 Å². The van der Waals surface area contributed by atoms with Crippen LogP contribution in [0.3, 0.4) is 0 Å². The molecule has 2 aromatic heterocycles. The van der Waals surface area contributed by atoms with Crippen molar-refractivity contribution in [3.8, 4) is 17.3 Å². The van der Waals surface area contributed by atoms with Crippen LogP contribution in [0.2, 0.25) is 0 Å². The van der Waals surface area contributed by atoms with Gasteiger partial charge < -0.3 is 10.5 Å². The number of hydrogen-bond donors (Lipinski definition) is 2. The largest absolute Gasteiger partial charge is 0.411 e. The average molecular weight is 380 g/mol. The van der Waals surface area contributed by atoms with E-state index < -0.39 is 0 Å². The third-order valence-corrected chi connectivity index (χ3v) is 5.15. The predicted octanol–water partition coefficient (Wildman–Crippen LogP) is 4.14. The summed E-state index contributed by atoms with van der Waals surface area (Å²) in [7, 11) is 0. The third kappa shape index (κ3) is 2.87. The lowest BCUT2D eigenvalue weighted by Gasteiger charge is -2.10. The highest BCUT2D eigenvalue weighted by Crippen LogP contribution is 2.33. The van der Waals surface area contributed by atoms with Crippen molar-refractivity contribution >= 4 is 22.9 Å². The van der Waals surface area contributed by atoms with Crippen molar-refractivity contribution in [3.05, 3.63) is 77.7 Å². The van der Waals surface area contributed by atoms with E-state index in [0.29, 0.717) is 5.56 Å². The first kappa shape index (κ1) is 17.0. The van der Waals surface area contributed by atoms with E-state index >= 15 is 0 Å². The van der Waals surface area contributed by atoms with Crippen molar-refractivity contribution < 1.29 is 5.21 Å². The standard InChI is InChI=1S/C22H16N6O/c23-12-14-1-3-15(4-2-14)21-22(28-10-9-24-13-20(28)26-21)25-17-6-7-18-16(11-17)5-8-19(18)27-29/h1-4,6-7,9-11,13,25,29H,5,8H2/b27-19+. The molecule has 0 saturated carbocycles. The van der Waals surface area contributed by atoms with E-state index in [-0.39, 0.29) is 0 Å². The smallest absolute Gasteiger partial charge is 0.157 e. The van der Waals surface area contributed by atoms with E-state index in [1.165, 1.54) is 0 Å². The van der Waals surface area contributed by atoms with Crippen LogP contribution in [0.15, 0.2) is 66.2 Å². The molecule has 0 unspecified atom stereocenters. The zero-order valence-corrected chi connectivity index (χ0v) is 15.4. The molecule has 0 amide bonds. The molecule has 0 saturated heterocycles. The van der Waals surface area contributed by atoms with Gasteiger partial charge in [-0.25, -0.2) is 4.98 Å². The molecule has 0 fully saturated rings. The first-order chi connectivity index (χ1) is 14.3. The molecule has 0 radical (unpaired) electrons. The molecule has 5 rings (SSSR count). The highest BCUT2D eigenvalue weighted by molar-refractivity contribution is 6.04. The van der Waals surface area contributed by atoms with Crippen molar-refractivity contribution in [2.75, 3.05) is 5.32 Å². The first-order valence-electron chi connectivity index (χ1n) is 9.20. The van der Waals surface area contributed by atoms with Gasteiger partial charge >= 0.3 is 0 Å². The Balaban J connectivity index is 1.60. The topological polar surface area (TPSA) is 98.6 Å². The monoisotopic (exact) mass is 380 g/mol. The second kappa shape index (κ2) is 6.77. The molecule has 2 heterocycles. The molecule has 2 aromatic carbocycles. The fourth-order valence-electron chi connectivity index (χ4n) is 3.72. The molecule has 7 heteroatoms. The Morgan fingerprint density at radius 1 is 1.14 bits per heavy atom. The van der Waals surface area contributed by atoms with Crippen LogP contribution in [-0.2, 0) is 6.42 Å². The Kier molecular flexibility index (Phi) is 3.96. The highest BCUT2D eigenvalue weighted by Gasteiger charge is 2.20. The fraction of sp³-hybridized carbons (Fsp3) is 0.0909. The molecule has 0 bridgehead atoms. The quantitative estimate of drug-likeness (QED) is 0.411. The van der Waals surface area contributed by atoms with Crippen molar-refractivity contribution in [2.24, 2.45) is 5.16 Å². The van der Waals surface area contributed by atoms with Gasteiger partial charge in [-0.2, -0.15) is 5.26 Å². The van der Waals surface area contributed by atoms with E-state index in [1.54, 1.807) is 24.5 Å². The molecule has 2 N–H and O–H groups in total. The van der Waals surface area contributed by atoms with Gasteiger partial charge in [0.1, 0.15) is 11.5 Å². The summed E-state index contributed by atoms with van der Waals surface area (Å²) in [6, 6.07) is 15.5. The summed E-state index contributed by atoms with van der Waals surface area (Å²) in [5, 5.41) is 25.1. The number of nitrogens with zero attached hydrogens (tertiary/aromatic N) is 5. The number of imidazole rings is 1. The molecule has 0 spiro atoms. The van der Waals surface area contributed by atoms with Crippen molar-refractivity contribution in [1.82, 2.24) is 14.4 Å². The van der Waals surface area contributed by atoms with Crippen LogP contribution < -0.4 is 5.32 Å². The minimum absolute atomic E-state index is 0.605. The summed E-state index contributed by atoms with van der Waals surface area (Å²) in [5.41, 5.74) is 6.82. The fourth-order valence-corrected chi connectivity index (χ4v) is 3.72. The van der Waals surface area contributed by atoms with Crippen LogP contribution in [0.4, 0.5) is 11.5 Å². The predicted molar refractivity (Wildman–Crippen MR) is 110 cm³/mol. The maximum Gasteiger partial charge on any atom is 0.157 e. The molecule has 0 atom stereocenters.